The van der Waals surface area contributed by atoms with Crippen molar-refractivity contribution in [3.05, 3.63) is 53.1 Å². The number of primary sulfonamides is 1. The number of hydrogen-bond acceptors (Lipinski definition) is 4. The zero-order valence-corrected chi connectivity index (χ0v) is 12.1. The van der Waals surface area contributed by atoms with Gasteiger partial charge in [0.05, 0.1) is 17.1 Å². The van der Waals surface area contributed by atoms with Gasteiger partial charge in [0.2, 0.25) is 10.0 Å². The molecule has 0 radical (unpaired) electrons. The lowest BCUT2D eigenvalue weighted by atomic mass is 10.2. The molecule has 0 spiro atoms. The van der Waals surface area contributed by atoms with Gasteiger partial charge in [-0.05, 0) is 35.9 Å². The van der Waals surface area contributed by atoms with Gasteiger partial charge >= 0.3 is 0 Å². The highest BCUT2D eigenvalue weighted by Crippen LogP contribution is 2.26. The molecule has 0 bridgehead atoms. The van der Waals surface area contributed by atoms with Crippen LogP contribution < -0.4 is 16.2 Å². The van der Waals surface area contributed by atoms with Crippen molar-refractivity contribution in [1.82, 2.24) is 0 Å². The zero-order valence-electron chi connectivity index (χ0n) is 10.5. The third kappa shape index (κ3) is 4.12. The molecule has 0 aliphatic heterocycles. The molecule has 20 heavy (non-hydrogen) atoms. The Labute approximate surface area is 122 Å². The van der Waals surface area contributed by atoms with Gasteiger partial charge in [0.15, 0.2) is 0 Å². The summed E-state index contributed by atoms with van der Waals surface area (Å²) in [6, 6.07) is 12.0. The molecule has 5 nitrogen and oxygen atoms in total. The van der Waals surface area contributed by atoms with E-state index < -0.39 is 10.0 Å². The van der Waals surface area contributed by atoms with Crippen LogP contribution in [0.5, 0.6) is 0 Å². The Morgan fingerprint density at radius 1 is 1.15 bits per heavy atom. The fourth-order valence-corrected chi connectivity index (χ4v) is 2.58. The molecular weight excluding hydrogens is 298 g/mol. The van der Waals surface area contributed by atoms with Crippen LogP contribution >= 0.6 is 11.6 Å². The lowest BCUT2D eigenvalue weighted by molar-refractivity contribution is 0.597. The van der Waals surface area contributed by atoms with E-state index in [0.29, 0.717) is 27.6 Å². The van der Waals surface area contributed by atoms with E-state index in [4.69, 9.17) is 22.5 Å². The van der Waals surface area contributed by atoms with Crippen LogP contribution in [0.4, 0.5) is 17.1 Å². The Bertz CT molecular complexity index is 732. The van der Waals surface area contributed by atoms with Crippen LogP contribution in [-0.2, 0) is 15.8 Å². The minimum Gasteiger partial charge on any atom is -0.397 e. The Kier molecular flexibility index (Phi) is 4.17. The van der Waals surface area contributed by atoms with E-state index in [0.717, 1.165) is 0 Å². The van der Waals surface area contributed by atoms with Crippen LogP contribution in [0.15, 0.2) is 42.5 Å². The third-order valence-electron chi connectivity index (χ3n) is 2.59. The maximum Gasteiger partial charge on any atom is 0.213 e. The summed E-state index contributed by atoms with van der Waals surface area (Å²) < 4.78 is 22.2. The molecule has 0 saturated heterocycles. The highest BCUT2D eigenvalue weighted by Gasteiger charge is 2.06. The van der Waals surface area contributed by atoms with Crippen LogP contribution in [0.2, 0.25) is 5.02 Å². The molecule has 2 aromatic rings. The number of anilines is 3. The summed E-state index contributed by atoms with van der Waals surface area (Å²) in [6.45, 7) is 0. The molecule has 0 aliphatic rings. The van der Waals surface area contributed by atoms with Gasteiger partial charge in [-0.2, -0.15) is 0 Å². The molecule has 0 unspecified atom stereocenters. The number of benzene rings is 2. The molecule has 2 rings (SSSR count). The topological polar surface area (TPSA) is 98.2 Å². The first kappa shape index (κ1) is 14.6. The normalized spacial score (nSPS) is 11.3. The number of halogens is 1. The first-order valence-electron chi connectivity index (χ1n) is 5.75. The molecular formula is C13H14ClN3O2S. The summed E-state index contributed by atoms with van der Waals surface area (Å²) in [5.74, 6) is -0.215. The highest BCUT2D eigenvalue weighted by atomic mass is 35.5. The number of sulfonamides is 1. The quantitative estimate of drug-likeness (QED) is 0.755. The number of nitrogens with two attached hydrogens (primary N) is 2. The van der Waals surface area contributed by atoms with E-state index in [9.17, 15) is 8.42 Å². The van der Waals surface area contributed by atoms with Crippen molar-refractivity contribution < 1.29 is 8.42 Å². The van der Waals surface area contributed by atoms with Crippen LogP contribution in [0.25, 0.3) is 0 Å². The van der Waals surface area contributed by atoms with Crippen molar-refractivity contribution in [3.63, 3.8) is 0 Å². The molecule has 0 amide bonds. The molecule has 0 atom stereocenters. The minimum absolute atomic E-state index is 0.215. The molecule has 0 heterocycles. The number of nitrogen functional groups attached to an aromatic ring is 1. The summed E-state index contributed by atoms with van der Waals surface area (Å²) in [6.07, 6.45) is 0. The second-order valence-electron chi connectivity index (χ2n) is 4.36. The summed E-state index contributed by atoms with van der Waals surface area (Å²) >= 11 is 5.91. The van der Waals surface area contributed by atoms with Crippen molar-refractivity contribution in [2.24, 2.45) is 5.14 Å². The Hall–Kier alpha value is -1.76. The van der Waals surface area contributed by atoms with Crippen molar-refractivity contribution >= 4 is 38.7 Å². The van der Waals surface area contributed by atoms with Gasteiger partial charge < -0.3 is 11.1 Å². The number of nitrogens with one attached hydrogen (secondary N) is 1. The van der Waals surface area contributed by atoms with E-state index in [1.54, 1.807) is 42.5 Å². The van der Waals surface area contributed by atoms with Crippen LogP contribution in [0.1, 0.15) is 5.56 Å². The molecule has 7 heteroatoms. The fourth-order valence-electron chi connectivity index (χ4n) is 1.76. The fraction of sp³-hybridized carbons (Fsp3) is 0.0769. The lowest BCUT2D eigenvalue weighted by Crippen LogP contribution is -2.14. The van der Waals surface area contributed by atoms with E-state index >= 15 is 0 Å². The first-order chi connectivity index (χ1) is 9.33. The predicted octanol–water partition coefficient (Wildman–Crippen LogP) is 2.45. The van der Waals surface area contributed by atoms with Gasteiger partial charge in [0, 0.05) is 10.7 Å². The average molecular weight is 312 g/mol. The van der Waals surface area contributed by atoms with Gasteiger partial charge in [-0.1, -0.05) is 23.7 Å². The van der Waals surface area contributed by atoms with Crippen molar-refractivity contribution in [2.45, 2.75) is 5.75 Å². The molecule has 2 aromatic carbocycles. The maximum absolute atomic E-state index is 11.1. The molecule has 0 aromatic heterocycles. The molecule has 106 valence electrons. The third-order valence-corrected chi connectivity index (χ3v) is 3.56. The largest absolute Gasteiger partial charge is 0.397 e. The van der Waals surface area contributed by atoms with Gasteiger partial charge in [-0.25, -0.2) is 13.6 Å². The molecule has 0 saturated carbocycles. The number of rotatable bonds is 4. The van der Waals surface area contributed by atoms with Gasteiger partial charge in [0.1, 0.15) is 0 Å². The van der Waals surface area contributed by atoms with Gasteiger partial charge in [-0.3, -0.25) is 0 Å². The second kappa shape index (κ2) is 5.70. The highest BCUT2D eigenvalue weighted by molar-refractivity contribution is 7.88. The Morgan fingerprint density at radius 2 is 1.90 bits per heavy atom. The minimum atomic E-state index is -3.56. The van der Waals surface area contributed by atoms with E-state index in [-0.39, 0.29) is 5.75 Å². The van der Waals surface area contributed by atoms with E-state index in [1.807, 2.05) is 0 Å². The molecule has 5 N–H and O–H groups in total. The van der Waals surface area contributed by atoms with Crippen molar-refractivity contribution in [3.8, 4) is 0 Å². The summed E-state index contributed by atoms with van der Waals surface area (Å²) in [5, 5.41) is 8.68. The van der Waals surface area contributed by atoms with Gasteiger partial charge in [0.25, 0.3) is 0 Å². The maximum atomic E-state index is 11.1. The summed E-state index contributed by atoms with van der Waals surface area (Å²) in [4.78, 5) is 0. The zero-order chi connectivity index (χ0) is 14.8. The lowest BCUT2D eigenvalue weighted by Gasteiger charge is -2.11. The van der Waals surface area contributed by atoms with E-state index in [1.165, 1.54) is 0 Å². The summed E-state index contributed by atoms with van der Waals surface area (Å²) in [5.41, 5.74) is 8.35. The standard InChI is InChI=1S/C13H14ClN3O2S/c14-10-4-5-12(15)13(7-10)17-11-3-1-2-9(6-11)8-20(16,18)19/h1-7,17H,8,15H2,(H2,16,18,19). The average Bonchev–Trinajstić information content (AvgIpc) is 2.32. The monoisotopic (exact) mass is 311 g/mol. The molecule has 0 aliphatic carbocycles. The second-order valence-corrected chi connectivity index (χ2v) is 6.41. The SMILES string of the molecule is Nc1ccc(Cl)cc1Nc1cccc(CS(N)(=O)=O)c1. The first-order valence-corrected chi connectivity index (χ1v) is 7.84. The van der Waals surface area contributed by atoms with Crippen molar-refractivity contribution in [2.75, 3.05) is 11.1 Å². The Balaban J connectivity index is 2.26. The summed E-state index contributed by atoms with van der Waals surface area (Å²) in [7, 11) is -3.56. The van der Waals surface area contributed by atoms with Crippen LogP contribution in [0.3, 0.4) is 0 Å². The predicted molar refractivity (Wildman–Crippen MR) is 82.4 cm³/mol. The smallest absolute Gasteiger partial charge is 0.213 e. The van der Waals surface area contributed by atoms with Crippen LogP contribution in [0, 0.1) is 0 Å². The van der Waals surface area contributed by atoms with Gasteiger partial charge in [-0.15, -0.1) is 0 Å². The number of hydrogen-bond donors (Lipinski definition) is 3. The van der Waals surface area contributed by atoms with E-state index in [2.05, 4.69) is 5.32 Å². The Morgan fingerprint density at radius 3 is 2.60 bits per heavy atom. The van der Waals surface area contributed by atoms with Crippen LogP contribution in [-0.4, -0.2) is 8.42 Å². The van der Waals surface area contributed by atoms with Crippen molar-refractivity contribution in [1.29, 1.82) is 0 Å². The molecule has 0 fully saturated rings.